The van der Waals surface area contributed by atoms with E-state index in [9.17, 15) is 13.2 Å². The van der Waals surface area contributed by atoms with Gasteiger partial charge in [-0.15, -0.1) is 5.10 Å². The van der Waals surface area contributed by atoms with Crippen LogP contribution in [0.4, 0.5) is 0 Å². The van der Waals surface area contributed by atoms with Crippen molar-refractivity contribution in [3.05, 3.63) is 58.1 Å². The number of rotatable bonds is 7. The Balaban J connectivity index is 1.82. The van der Waals surface area contributed by atoms with Crippen molar-refractivity contribution in [2.75, 3.05) is 0 Å². The molecule has 2 aromatic rings. The van der Waals surface area contributed by atoms with Crippen LogP contribution in [-0.4, -0.2) is 31.0 Å². The smallest absolute Gasteiger partial charge is 0.339 e. The van der Waals surface area contributed by atoms with E-state index in [4.69, 9.17) is 15.8 Å². The van der Waals surface area contributed by atoms with Gasteiger partial charge in [-0.3, -0.25) is 4.79 Å². The molecule has 1 heterocycles. The average Bonchev–Trinajstić information content (AvgIpc) is 3.05. The highest BCUT2D eigenvalue weighted by atomic mass is 35.5. The Kier molecular flexibility index (Phi) is 7.40. The second-order valence-corrected chi connectivity index (χ2v) is 10.2. The first-order chi connectivity index (χ1) is 14.7. The molecule has 1 amide bonds. The lowest BCUT2D eigenvalue weighted by atomic mass is 10.1. The number of thioether (sulfide) groups is 1. The zero-order valence-electron chi connectivity index (χ0n) is 17.3. The average molecular weight is 480 g/mol. The van der Waals surface area contributed by atoms with E-state index in [1.807, 2.05) is 13.8 Å². The molecule has 1 aliphatic heterocycles. The molecular weight excluding hydrogens is 458 g/mol. The number of carbonyl (C=O) groups excluding carboxylic acids is 1. The van der Waals surface area contributed by atoms with E-state index < -0.39 is 10.1 Å². The van der Waals surface area contributed by atoms with Crippen molar-refractivity contribution in [2.24, 2.45) is 10.2 Å². The van der Waals surface area contributed by atoms with Gasteiger partial charge in [0.1, 0.15) is 4.90 Å². The number of amides is 1. The van der Waals surface area contributed by atoms with Crippen molar-refractivity contribution in [3.8, 4) is 5.75 Å². The second kappa shape index (κ2) is 9.84. The summed E-state index contributed by atoms with van der Waals surface area (Å²) < 4.78 is 30.8. The molecule has 3 rings (SSSR count). The number of hydrogen-bond acceptors (Lipinski definition) is 7. The predicted octanol–water partition coefficient (Wildman–Crippen LogP) is 4.45. The van der Waals surface area contributed by atoms with Gasteiger partial charge in [-0.2, -0.15) is 13.5 Å². The maximum absolute atomic E-state index is 12.7. The Hall–Kier alpha value is -2.36. The number of hydrogen-bond donors (Lipinski definition) is 1. The highest BCUT2D eigenvalue weighted by Crippen LogP contribution is 2.26. The highest BCUT2D eigenvalue weighted by Gasteiger charge is 2.29. The molecule has 1 atom stereocenters. The quantitative estimate of drug-likeness (QED) is 0.359. The lowest BCUT2D eigenvalue weighted by Gasteiger charge is -2.10. The lowest BCUT2D eigenvalue weighted by molar-refractivity contribution is -0.118. The Labute approximate surface area is 191 Å². The van der Waals surface area contributed by atoms with E-state index >= 15 is 0 Å². The van der Waals surface area contributed by atoms with E-state index in [1.54, 1.807) is 31.2 Å². The van der Waals surface area contributed by atoms with Gasteiger partial charge < -0.3 is 9.50 Å². The molecule has 0 aliphatic carbocycles. The SMILES string of the molecule is CCCC1S/C(=N/N=C/c2cc(C)ccc2OS(=O)(=O)c2ccc(C)c(Cl)c2)NC1=O. The Morgan fingerprint density at radius 1 is 1.23 bits per heavy atom. The van der Waals surface area contributed by atoms with Gasteiger partial charge in [-0.1, -0.05) is 54.4 Å². The number of nitrogens with one attached hydrogen (secondary N) is 1. The van der Waals surface area contributed by atoms with Crippen LogP contribution in [0.2, 0.25) is 5.02 Å². The number of benzene rings is 2. The lowest BCUT2D eigenvalue weighted by Crippen LogP contribution is -2.24. The van der Waals surface area contributed by atoms with Crippen LogP contribution in [0.5, 0.6) is 5.75 Å². The molecule has 10 heteroatoms. The third-order valence-corrected chi connectivity index (χ3v) is 7.25. The normalized spacial score (nSPS) is 18.0. The molecule has 0 bridgehead atoms. The molecule has 0 spiro atoms. The van der Waals surface area contributed by atoms with Crippen LogP contribution in [0.15, 0.2) is 51.5 Å². The fraction of sp³-hybridized carbons (Fsp3) is 0.286. The van der Waals surface area contributed by atoms with Crippen molar-refractivity contribution in [1.82, 2.24) is 5.32 Å². The largest absolute Gasteiger partial charge is 0.378 e. The Morgan fingerprint density at radius 3 is 2.71 bits per heavy atom. The molecule has 1 unspecified atom stereocenters. The van der Waals surface area contributed by atoms with Crippen LogP contribution in [0, 0.1) is 13.8 Å². The molecule has 1 fully saturated rings. The van der Waals surface area contributed by atoms with Crippen molar-refractivity contribution >= 4 is 50.8 Å². The van der Waals surface area contributed by atoms with Crippen molar-refractivity contribution in [3.63, 3.8) is 0 Å². The van der Waals surface area contributed by atoms with Gasteiger partial charge in [0, 0.05) is 10.6 Å². The Bertz CT molecular complexity index is 1160. The summed E-state index contributed by atoms with van der Waals surface area (Å²) in [4.78, 5) is 11.8. The van der Waals surface area contributed by atoms with Gasteiger partial charge >= 0.3 is 10.1 Å². The molecule has 7 nitrogen and oxygen atoms in total. The zero-order valence-corrected chi connectivity index (χ0v) is 19.6. The first-order valence-corrected chi connectivity index (χ1v) is 12.3. The molecule has 31 heavy (non-hydrogen) atoms. The topological polar surface area (TPSA) is 97.2 Å². The Morgan fingerprint density at radius 2 is 2.00 bits per heavy atom. The monoisotopic (exact) mass is 479 g/mol. The third-order valence-electron chi connectivity index (χ3n) is 4.47. The van der Waals surface area contributed by atoms with E-state index in [-0.39, 0.29) is 21.8 Å². The molecule has 1 N–H and O–H groups in total. The molecule has 0 radical (unpaired) electrons. The number of aryl methyl sites for hydroxylation is 2. The van der Waals surface area contributed by atoms with Gasteiger partial charge in [0.25, 0.3) is 0 Å². The third kappa shape index (κ3) is 5.87. The second-order valence-electron chi connectivity index (χ2n) is 7.02. The van der Waals surface area contributed by atoms with Gasteiger partial charge in [-0.05, 0) is 50.1 Å². The molecule has 164 valence electrons. The molecule has 2 aromatic carbocycles. The number of nitrogens with zero attached hydrogens (tertiary/aromatic N) is 2. The summed E-state index contributed by atoms with van der Waals surface area (Å²) in [5.74, 6) is 0.0291. The summed E-state index contributed by atoms with van der Waals surface area (Å²) in [6.07, 6.45) is 3.05. The number of carbonyl (C=O) groups is 1. The van der Waals surface area contributed by atoms with Crippen LogP contribution in [0.1, 0.15) is 36.5 Å². The van der Waals surface area contributed by atoms with Crippen molar-refractivity contribution < 1.29 is 17.4 Å². The number of halogens is 1. The van der Waals surface area contributed by atoms with Crippen LogP contribution < -0.4 is 9.50 Å². The number of amidine groups is 1. The fourth-order valence-corrected chi connectivity index (χ4v) is 5.06. The van der Waals surface area contributed by atoms with Crippen LogP contribution in [0.3, 0.4) is 0 Å². The minimum atomic E-state index is -4.09. The first kappa shape index (κ1) is 23.3. The first-order valence-electron chi connectivity index (χ1n) is 9.59. The van der Waals surface area contributed by atoms with E-state index in [2.05, 4.69) is 15.5 Å². The minimum Gasteiger partial charge on any atom is -0.378 e. The maximum atomic E-state index is 12.7. The summed E-state index contributed by atoms with van der Waals surface area (Å²) >= 11 is 7.39. The van der Waals surface area contributed by atoms with Crippen LogP contribution >= 0.6 is 23.4 Å². The summed E-state index contributed by atoms with van der Waals surface area (Å²) in [6.45, 7) is 5.66. The molecular formula is C21H22ClN3O4S2. The van der Waals surface area contributed by atoms with E-state index in [0.29, 0.717) is 15.8 Å². The van der Waals surface area contributed by atoms with E-state index in [1.165, 1.54) is 30.1 Å². The van der Waals surface area contributed by atoms with Crippen LogP contribution in [-0.2, 0) is 14.9 Å². The van der Waals surface area contributed by atoms with Crippen molar-refractivity contribution in [1.29, 1.82) is 0 Å². The molecule has 0 aromatic heterocycles. The van der Waals surface area contributed by atoms with Crippen molar-refractivity contribution in [2.45, 2.75) is 43.8 Å². The fourth-order valence-electron chi connectivity index (χ4n) is 2.79. The molecule has 1 aliphatic rings. The van der Waals surface area contributed by atoms with Gasteiger partial charge in [0.2, 0.25) is 5.91 Å². The summed E-state index contributed by atoms with van der Waals surface area (Å²) in [7, 11) is -4.09. The maximum Gasteiger partial charge on any atom is 0.339 e. The highest BCUT2D eigenvalue weighted by molar-refractivity contribution is 8.15. The zero-order chi connectivity index (χ0) is 22.6. The van der Waals surface area contributed by atoms with Gasteiger partial charge in [0.05, 0.1) is 11.5 Å². The summed E-state index contributed by atoms with van der Waals surface area (Å²) in [5, 5.41) is 11.3. The molecule has 1 saturated heterocycles. The summed E-state index contributed by atoms with van der Waals surface area (Å²) in [6, 6.07) is 9.44. The van der Waals surface area contributed by atoms with Gasteiger partial charge in [0.15, 0.2) is 10.9 Å². The minimum absolute atomic E-state index is 0.0427. The van der Waals surface area contributed by atoms with E-state index in [0.717, 1.165) is 24.0 Å². The van der Waals surface area contributed by atoms with Gasteiger partial charge in [-0.25, -0.2) is 0 Å². The molecule has 0 saturated carbocycles. The standard InChI is InChI=1S/C21H22ClN3O4S2/c1-4-5-19-20(26)24-21(30-19)25-23-12-15-10-13(2)6-9-18(15)29-31(27,28)16-8-7-14(3)17(22)11-16/h6-12,19H,4-5H2,1-3H3,(H,24,25,26)/b23-12+. The predicted molar refractivity (Wildman–Crippen MR) is 125 cm³/mol. The van der Waals surface area contributed by atoms with Crippen LogP contribution in [0.25, 0.3) is 0 Å². The summed E-state index contributed by atoms with van der Waals surface area (Å²) in [5.41, 5.74) is 2.09.